The van der Waals surface area contributed by atoms with Crippen LogP contribution in [0.2, 0.25) is 0 Å². The first kappa shape index (κ1) is 22.3. The molecule has 0 atom stereocenters. The first-order valence-electron chi connectivity index (χ1n) is 9.28. The summed E-state index contributed by atoms with van der Waals surface area (Å²) in [6.45, 7) is 1.95. The Hall–Kier alpha value is -3.36. The number of sulfonamides is 1. The number of ether oxygens (including phenoxy) is 1. The monoisotopic (exact) mass is 459 g/mol. The smallest absolute Gasteiger partial charge is 0.273 e. The maximum absolute atomic E-state index is 12.6. The predicted octanol–water partition coefficient (Wildman–Crippen LogP) is 3.01. The molecule has 0 bridgehead atoms. The summed E-state index contributed by atoms with van der Waals surface area (Å²) in [6, 6.07) is 13.4. The highest BCUT2D eigenvalue weighted by molar-refractivity contribution is 7.94. The molecule has 3 rings (SSSR count). The second kappa shape index (κ2) is 9.63. The molecular weight excluding hydrogens is 438 g/mol. The Labute approximate surface area is 184 Å². The van der Waals surface area contributed by atoms with Gasteiger partial charge in [0.1, 0.15) is 15.8 Å². The molecule has 0 spiro atoms. The molecule has 2 heterocycles. The molecular formula is C20H21N5O4S2. The Morgan fingerprint density at radius 2 is 2.06 bits per heavy atom. The van der Waals surface area contributed by atoms with Gasteiger partial charge >= 0.3 is 0 Å². The molecule has 0 aliphatic heterocycles. The van der Waals surface area contributed by atoms with Crippen molar-refractivity contribution >= 4 is 38.8 Å². The minimum Gasteiger partial charge on any atom is -0.484 e. The Morgan fingerprint density at radius 3 is 2.71 bits per heavy atom. The number of hydrogen-bond donors (Lipinski definition) is 1. The summed E-state index contributed by atoms with van der Waals surface area (Å²) in [5.41, 5.74) is 1.20. The van der Waals surface area contributed by atoms with Crippen LogP contribution in [0, 0.1) is 18.3 Å². The molecule has 0 unspecified atom stereocenters. The van der Waals surface area contributed by atoms with Gasteiger partial charge in [0.15, 0.2) is 6.61 Å². The third kappa shape index (κ3) is 5.42. The third-order valence-corrected chi connectivity index (χ3v) is 7.44. The fraction of sp³-hybridized carbons (Fsp3) is 0.250. The second-order valence-corrected chi connectivity index (χ2v) is 9.68. The lowest BCUT2D eigenvalue weighted by atomic mass is 10.3. The average molecular weight is 460 g/mol. The van der Waals surface area contributed by atoms with Gasteiger partial charge in [0.25, 0.3) is 15.9 Å². The number of thiophene rings is 1. The van der Waals surface area contributed by atoms with Gasteiger partial charge in [-0.25, -0.2) is 13.1 Å². The number of nitrogens with zero attached hydrogens (tertiary/aromatic N) is 4. The lowest BCUT2D eigenvalue weighted by molar-refractivity contribution is -0.118. The van der Waals surface area contributed by atoms with Crippen LogP contribution in [-0.4, -0.2) is 37.8 Å². The van der Waals surface area contributed by atoms with Crippen LogP contribution in [0.15, 0.2) is 52.1 Å². The summed E-state index contributed by atoms with van der Waals surface area (Å²) in [5.74, 6) is 0.548. The van der Waals surface area contributed by atoms with Gasteiger partial charge < -0.3 is 10.1 Å². The maximum atomic E-state index is 12.6. The van der Waals surface area contributed by atoms with Gasteiger partial charge in [-0.2, -0.15) is 10.4 Å². The fourth-order valence-corrected chi connectivity index (χ4v) is 5.09. The van der Waals surface area contributed by atoms with E-state index >= 15 is 0 Å². The number of nitriles is 1. The molecule has 0 radical (unpaired) electrons. The van der Waals surface area contributed by atoms with Crippen LogP contribution in [0.5, 0.6) is 5.75 Å². The summed E-state index contributed by atoms with van der Waals surface area (Å²) in [4.78, 5) is 12.2. The lowest BCUT2D eigenvalue weighted by Crippen LogP contribution is -2.25. The molecule has 0 aliphatic carbocycles. The topological polar surface area (TPSA) is 117 Å². The second-order valence-electron chi connectivity index (χ2n) is 6.54. The lowest BCUT2D eigenvalue weighted by Gasteiger charge is -2.18. The molecule has 0 saturated heterocycles. The standard InChI is InChI=1S/C20H21N5O4S2/c1-15-13-18(25(23-15)11-4-10-21)22-19(26)14-29-17-8-6-16(7-9-17)24(2)31(27,28)20-5-3-12-30-20/h3,5-9,12-13H,4,11,14H2,1-2H3,(H,22,26). The van der Waals surface area contributed by atoms with E-state index in [0.29, 0.717) is 23.8 Å². The van der Waals surface area contributed by atoms with Crippen LogP contribution in [0.1, 0.15) is 12.1 Å². The number of benzene rings is 1. The van der Waals surface area contributed by atoms with Crippen LogP contribution in [0.4, 0.5) is 11.5 Å². The van der Waals surface area contributed by atoms with Crippen molar-refractivity contribution in [2.45, 2.75) is 24.1 Å². The summed E-state index contributed by atoms with van der Waals surface area (Å²) in [6.07, 6.45) is 0.281. The highest BCUT2D eigenvalue weighted by Crippen LogP contribution is 2.26. The Bertz CT molecular complexity index is 1180. The van der Waals surface area contributed by atoms with E-state index in [2.05, 4.69) is 10.4 Å². The van der Waals surface area contributed by atoms with E-state index in [1.165, 1.54) is 11.4 Å². The number of carbonyl (C=O) groups is 1. The van der Waals surface area contributed by atoms with Crippen molar-refractivity contribution in [2.75, 3.05) is 23.3 Å². The maximum Gasteiger partial charge on any atom is 0.273 e. The third-order valence-electron chi connectivity index (χ3n) is 4.29. The number of hydrogen-bond acceptors (Lipinski definition) is 7. The number of aryl methyl sites for hydroxylation is 2. The van der Waals surface area contributed by atoms with Gasteiger partial charge in [-0.05, 0) is 42.6 Å². The molecule has 1 amide bonds. The highest BCUT2D eigenvalue weighted by Gasteiger charge is 2.22. The summed E-state index contributed by atoms with van der Waals surface area (Å²) < 4.78 is 33.7. The van der Waals surface area contributed by atoms with E-state index in [0.717, 1.165) is 17.0 Å². The number of aromatic nitrogens is 2. The van der Waals surface area contributed by atoms with Crippen molar-refractivity contribution in [1.29, 1.82) is 5.26 Å². The van der Waals surface area contributed by atoms with E-state index in [4.69, 9.17) is 10.00 Å². The van der Waals surface area contributed by atoms with Crippen LogP contribution < -0.4 is 14.4 Å². The zero-order chi connectivity index (χ0) is 22.4. The molecule has 1 aromatic carbocycles. The molecule has 2 aromatic heterocycles. The number of rotatable bonds is 9. The first-order chi connectivity index (χ1) is 14.8. The summed E-state index contributed by atoms with van der Waals surface area (Å²) >= 11 is 1.15. The molecule has 1 N–H and O–H groups in total. The zero-order valence-corrected chi connectivity index (χ0v) is 18.6. The minimum absolute atomic E-state index is 0.231. The van der Waals surface area contributed by atoms with E-state index in [1.54, 1.807) is 59.5 Å². The van der Waals surface area contributed by atoms with Crippen LogP contribution in [0.25, 0.3) is 0 Å². The van der Waals surface area contributed by atoms with E-state index in [1.807, 2.05) is 6.07 Å². The molecule has 31 heavy (non-hydrogen) atoms. The van der Waals surface area contributed by atoms with E-state index in [9.17, 15) is 13.2 Å². The van der Waals surface area contributed by atoms with Gasteiger partial charge in [-0.15, -0.1) is 11.3 Å². The summed E-state index contributed by atoms with van der Waals surface area (Å²) in [5, 5.41) is 17.4. The van der Waals surface area contributed by atoms with Gasteiger partial charge in [0.05, 0.1) is 30.4 Å². The van der Waals surface area contributed by atoms with Gasteiger partial charge in [0, 0.05) is 13.1 Å². The fourth-order valence-electron chi connectivity index (χ4n) is 2.74. The minimum atomic E-state index is -3.61. The van der Waals surface area contributed by atoms with Crippen molar-refractivity contribution in [3.63, 3.8) is 0 Å². The number of amides is 1. The molecule has 0 aliphatic rings. The Morgan fingerprint density at radius 1 is 1.32 bits per heavy atom. The Kier molecular flexibility index (Phi) is 6.94. The number of nitrogens with one attached hydrogen (secondary N) is 1. The molecule has 162 valence electrons. The number of anilines is 2. The van der Waals surface area contributed by atoms with Crippen molar-refractivity contribution < 1.29 is 17.9 Å². The Balaban J connectivity index is 1.58. The van der Waals surface area contributed by atoms with Gasteiger partial charge in [-0.3, -0.25) is 9.10 Å². The quantitative estimate of drug-likeness (QED) is 0.526. The predicted molar refractivity (Wildman–Crippen MR) is 118 cm³/mol. The average Bonchev–Trinajstić information content (AvgIpc) is 3.41. The van der Waals surface area contributed by atoms with Crippen LogP contribution in [0.3, 0.4) is 0 Å². The van der Waals surface area contributed by atoms with E-state index < -0.39 is 10.0 Å². The molecule has 3 aromatic rings. The number of carbonyl (C=O) groups excluding carboxylic acids is 1. The normalized spacial score (nSPS) is 11.0. The molecule has 0 fully saturated rings. The van der Waals surface area contributed by atoms with Crippen molar-refractivity contribution in [3.8, 4) is 11.8 Å². The zero-order valence-electron chi connectivity index (χ0n) is 17.0. The molecule has 9 nitrogen and oxygen atoms in total. The summed E-state index contributed by atoms with van der Waals surface area (Å²) in [7, 11) is -2.13. The van der Waals surface area contributed by atoms with Crippen molar-refractivity contribution in [3.05, 3.63) is 53.5 Å². The molecule has 0 saturated carbocycles. The van der Waals surface area contributed by atoms with Gasteiger partial charge in [0.2, 0.25) is 0 Å². The van der Waals surface area contributed by atoms with Crippen LogP contribution >= 0.6 is 11.3 Å². The highest BCUT2D eigenvalue weighted by atomic mass is 32.2. The SMILES string of the molecule is Cc1cc(NC(=O)COc2ccc(N(C)S(=O)(=O)c3cccs3)cc2)n(CCC#N)n1. The van der Waals surface area contributed by atoms with E-state index in [-0.39, 0.29) is 23.1 Å². The molecule has 11 heteroatoms. The van der Waals surface area contributed by atoms with Crippen molar-refractivity contribution in [1.82, 2.24) is 9.78 Å². The van der Waals surface area contributed by atoms with Gasteiger partial charge in [-0.1, -0.05) is 6.07 Å². The first-order valence-corrected chi connectivity index (χ1v) is 11.6. The largest absolute Gasteiger partial charge is 0.484 e. The van der Waals surface area contributed by atoms with Crippen molar-refractivity contribution in [2.24, 2.45) is 0 Å². The van der Waals surface area contributed by atoms with Crippen LogP contribution in [-0.2, 0) is 21.4 Å².